The molecule has 36 heavy (non-hydrogen) atoms. The predicted molar refractivity (Wildman–Crippen MR) is 120 cm³/mol. The molecule has 6 rings (SSSR count). The molecular weight excluding hydrogens is 488 g/mol. The first-order valence-electron chi connectivity index (χ1n) is 11.5. The summed E-state index contributed by atoms with van der Waals surface area (Å²) >= 11 is 0. The number of aromatic amines is 1. The zero-order valence-electron chi connectivity index (χ0n) is 18.6. The van der Waals surface area contributed by atoms with E-state index in [4.69, 9.17) is 0 Å². The number of amides is 1. The number of carbonyl (C=O) groups excluding carboxylic acids is 1. The molecule has 188 valence electrons. The van der Waals surface area contributed by atoms with E-state index in [1.807, 2.05) is 4.90 Å². The first kappa shape index (κ1) is 22.9. The molecule has 0 bridgehead atoms. The molecule has 2 saturated carbocycles. The van der Waals surface area contributed by atoms with Crippen LogP contribution < -0.4 is 15.6 Å². The van der Waals surface area contributed by atoms with Crippen LogP contribution in [-0.2, 0) is 12.4 Å². The number of pyridine rings is 1. The van der Waals surface area contributed by atoms with E-state index in [1.165, 1.54) is 12.1 Å². The van der Waals surface area contributed by atoms with Crippen LogP contribution in [0.15, 0.2) is 47.4 Å². The number of piperidine rings is 1. The van der Waals surface area contributed by atoms with Gasteiger partial charge in [-0.05, 0) is 61.9 Å². The van der Waals surface area contributed by atoms with Crippen molar-refractivity contribution in [2.45, 2.75) is 49.6 Å². The summed E-state index contributed by atoms with van der Waals surface area (Å²) in [6.45, 7) is 0. The maximum atomic E-state index is 14.0. The molecule has 3 atom stereocenters. The Kier molecular flexibility index (Phi) is 4.63. The number of aromatic nitrogens is 1. The Morgan fingerprint density at radius 2 is 1.75 bits per heavy atom. The summed E-state index contributed by atoms with van der Waals surface area (Å²) in [5.74, 6) is -0.743. The van der Waals surface area contributed by atoms with Crippen LogP contribution >= 0.6 is 0 Å². The molecule has 1 aromatic heterocycles. The standard InChI is InChI=1S/C25H19F6N3O2/c26-24(27,28)15-2-1-3-18-20(15)21(35)14(11-32-18)22(36)33-17-6-5-13(10-16(17)25(29,30)31)34-19-7-4-12-8-9-23(12,19)34/h1-3,5-6,10-12,19H,4,7-9H2,(H,32,35)(H,33,36). The van der Waals surface area contributed by atoms with E-state index in [2.05, 4.69) is 10.3 Å². The molecule has 2 N–H and O–H groups in total. The van der Waals surface area contributed by atoms with E-state index in [0.29, 0.717) is 17.7 Å². The van der Waals surface area contributed by atoms with Crippen LogP contribution in [0.2, 0.25) is 0 Å². The summed E-state index contributed by atoms with van der Waals surface area (Å²) in [7, 11) is 0. The van der Waals surface area contributed by atoms with Gasteiger partial charge in [-0.2, -0.15) is 26.3 Å². The van der Waals surface area contributed by atoms with Crippen molar-refractivity contribution in [2.24, 2.45) is 5.92 Å². The third kappa shape index (κ3) is 3.17. The number of H-pyrrole nitrogens is 1. The fourth-order valence-corrected chi connectivity index (χ4v) is 6.25. The third-order valence-corrected chi connectivity index (χ3v) is 7.95. The maximum Gasteiger partial charge on any atom is 0.418 e. The minimum absolute atomic E-state index is 0.0395. The van der Waals surface area contributed by atoms with Gasteiger partial charge >= 0.3 is 12.4 Å². The molecule has 2 heterocycles. The minimum atomic E-state index is -4.86. The van der Waals surface area contributed by atoms with Gasteiger partial charge in [0.2, 0.25) is 5.43 Å². The molecule has 1 spiro atoms. The van der Waals surface area contributed by atoms with E-state index in [0.717, 1.165) is 50.1 Å². The molecule has 3 aliphatic rings. The number of nitrogens with one attached hydrogen (secondary N) is 2. The maximum absolute atomic E-state index is 14.0. The molecule has 3 unspecified atom stereocenters. The second-order valence-electron chi connectivity index (χ2n) is 9.63. The number of nitrogens with zero attached hydrogens (tertiary/aromatic N) is 1. The average Bonchev–Trinajstić information content (AvgIpc) is 3.41. The number of fused-ring (bicyclic) bond motifs is 1. The van der Waals surface area contributed by atoms with Crippen LogP contribution in [0.25, 0.3) is 10.9 Å². The van der Waals surface area contributed by atoms with Crippen LogP contribution in [0.1, 0.15) is 47.2 Å². The smallest absolute Gasteiger partial charge is 0.360 e. The number of carbonyl (C=O) groups is 1. The highest BCUT2D eigenvalue weighted by atomic mass is 19.4. The third-order valence-electron chi connectivity index (χ3n) is 7.95. The lowest BCUT2D eigenvalue weighted by molar-refractivity contribution is -0.137. The van der Waals surface area contributed by atoms with E-state index in [9.17, 15) is 35.9 Å². The van der Waals surface area contributed by atoms with Gasteiger partial charge in [-0.3, -0.25) is 9.59 Å². The lowest BCUT2D eigenvalue weighted by Gasteiger charge is -2.36. The van der Waals surface area contributed by atoms with Crippen LogP contribution in [0.3, 0.4) is 0 Å². The van der Waals surface area contributed by atoms with Crippen molar-refractivity contribution in [3.63, 3.8) is 0 Å². The lowest BCUT2D eigenvalue weighted by atomic mass is 9.74. The quantitative estimate of drug-likeness (QED) is 0.340. The van der Waals surface area contributed by atoms with Gasteiger partial charge in [-0.1, -0.05) is 6.07 Å². The number of alkyl halides is 6. The molecule has 11 heteroatoms. The first-order valence-corrected chi connectivity index (χ1v) is 11.5. The van der Waals surface area contributed by atoms with Crippen molar-refractivity contribution >= 4 is 28.2 Å². The summed E-state index contributed by atoms with van der Waals surface area (Å²) in [4.78, 5) is 30.1. The number of rotatable bonds is 3. The zero-order chi connectivity index (χ0) is 25.6. The molecule has 2 aliphatic carbocycles. The lowest BCUT2D eigenvalue weighted by Crippen LogP contribution is -2.37. The van der Waals surface area contributed by atoms with Gasteiger partial charge in [0.25, 0.3) is 5.91 Å². The van der Waals surface area contributed by atoms with E-state index >= 15 is 0 Å². The number of hydrogen-bond acceptors (Lipinski definition) is 3. The molecular formula is C25H19F6N3O2. The first-order chi connectivity index (χ1) is 16.9. The van der Waals surface area contributed by atoms with Crippen molar-refractivity contribution in [2.75, 3.05) is 10.2 Å². The van der Waals surface area contributed by atoms with Gasteiger partial charge in [0, 0.05) is 17.4 Å². The molecule has 5 nitrogen and oxygen atoms in total. The van der Waals surface area contributed by atoms with Crippen molar-refractivity contribution < 1.29 is 31.1 Å². The van der Waals surface area contributed by atoms with E-state index in [-0.39, 0.29) is 17.1 Å². The average molecular weight is 507 g/mol. The Balaban J connectivity index is 1.35. The molecule has 2 aromatic carbocycles. The summed E-state index contributed by atoms with van der Waals surface area (Å²) in [6.07, 6.45) is -4.73. The minimum Gasteiger partial charge on any atom is -0.360 e. The Labute approximate surface area is 200 Å². The van der Waals surface area contributed by atoms with Gasteiger partial charge in [-0.15, -0.1) is 0 Å². The van der Waals surface area contributed by atoms with Gasteiger partial charge < -0.3 is 15.2 Å². The SMILES string of the molecule is O=C(Nc1ccc(N2C3CCC4CCC432)cc1C(F)(F)F)c1c[nH]c2cccc(C(F)(F)F)c2c1=O. The van der Waals surface area contributed by atoms with Crippen LogP contribution in [0.4, 0.5) is 37.7 Å². The van der Waals surface area contributed by atoms with Crippen LogP contribution in [-0.4, -0.2) is 22.5 Å². The summed E-state index contributed by atoms with van der Waals surface area (Å²) in [6, 6.07) is 6.90. The molecule has 1 saturated heterocycles. The van der Waals surface area contributed by atoms with Gasteiger partial charge in [0.1, 0.15) is 5.56 Å². The Morgan fingerprint density at radius 3 is 2.39 bits per heavy atom. The number of hydrogen-bond donors (Lipinski definition) is 2. The van der Waals surface area contributed by atoms with Crippen molar-refractivity contribution in [1.29, 1.82) is 0 Å². The summed E-state index contributed by atoms with van der Waals surface area (Å²) in [5, 5.41) is 1.33. The fourth-order valence-electron chi connectivity index (χ4n) is 6.25. The van der Waals surface area contributed by atoms with Gasteiger partial charge in [0.15, 0.2) is 0 Å². The van der Waals surface area contributed by atoms with Crippen molar-refractivity contribution in [1.82, 2.24) is 4.98 Å². The number of halogens is 6. The highest BCUT2D eigenvalue weighted by Gasteiger charge is 2.73. The number of anilines is 2. The second-order valence-corrected chi connectivity index (χ2v) is 9.63. The van der Waals surface area contributed by atoms with Crippen LogP contribution in [0.5, 0.6) is 0 Å². The molecule has 3 fully saturated rings. The Morgan fingerprint density at radius 1 is 1.00 bits per heavy atom. The molecule has 1 aliphatic heterocycles. The monoisotopic (exact) mass is 507 g/mol. The predicted octanol–water partition coefficient (Wildman–Crippen LogP) is 5.95. The second kappa shape index (κ2) is 7.27. The van der Waals surface area contributed by atoms with E-state index in [1.54, 1.807) is 0 Å². The fraction of sp³-hybridized carbons (Fsp3) is 0.360. The Hall–Kier alpha value is -3.50. The van der Waals surface area contributed by atoms with Gasteiger partial charge in [0.05, 0.1) is 33.8 Å². The summed E-state index contributed by atoms with van der Waals surface area (Å²) in [5.41, 5.74) is -4.62. The normalized spacial score (nSPS) is 24.8. The van der Waals surface area contributed by atoms with Crippen molar-refractivity contribution in [3.8, 4) is 0 Å². The van der Waals surface area contributed by atoms with Crippen molar-refractivity contribution in [3.05, 3.63) is 69.5 Å². The molecule has 3 aromatic rings. The summed E-state index contributed by atoms with van der Waals surface area (Å²) < 4.78 is 82.1. The largest absolute Gasteiger partial charge is 0.418 e. The Bertz CT molecular complexity index is 1480. The molecule has 0 radical (unpaired) electrons. The highest BCUT2D eigenvalue weighted by Crippen LogP contribution is 2.68. The van der Waals surface area contributed by atoms with Gasteiger partial charge in [-0.25, -0.2) is 0 Å². The number of benzene rings is 2. The van der Waals surface area contributed by atoms with Crippen LogP contribution in [0, 0.1) is 5.92 Å². The van der Waals surface area contributed by atoms with E-state index < -0.39 is 51.5 Å². The highest BCUT2D eigenvalue weighted by molar-refractivity contribution is 6.06. The topological polar surface area (TPSA) is 65.0 Å². The zero-order valence-corrected chi connectivity index (χ0v) is 18.6. The molecule has 1 amide bonds.